The standard InChI is InChI=1S/C16H20ClN3O/c1-5-21-10-15-18-14(17)9-16(19-15)20(4)13-7-11(2)6-12(3)8-13/h6-9H,5,10H2,1-4H3. The van der Waals surface area contributed by atoms with Gasteiger partial charge in [0.05, 0.1) is 0 Å². The van der Waals surface area contributed by atoms with Gasteiger partial charge in [0, 0.05) is 25.4 Å². The van der Waals surface area contributed by atoms with Gasteiger partial charge >= 0.3 is 0 Å². The molecule has 0 amide bonds. The van der Waals surface area contributed by atoms with Crippen molar-refractivity contribution >= 4 is 23.1 Å². The lowest BCUT2D eigenvalue weighted by atomic mass is 10.1. The summed E-state index contributed by atoms with van der Waals surface area (Å²) in [6.07, 6.45) is 0. The monoisotopic (exact) mass is 305 g/mol. The molecule has 0 unspecified atom stereocenters. The van der Waals surface area contributed by atoms with Crippen molar-refractivity contribution in [1.82, 2.24) is 9.97 Å². The molecule has 2 aromatic rings. The summed E-state index contributed by atoms with van der Waals surface area (Å²) in [6.45, 7) is 7.09. The maximum absolute atomic E-state index is 6.09. The largest absolute Gasteiger partial charge is 0.374 e. The van der Waals surface area contributed by atoms with Gasteiger partial charge < -0.3 is 9.64 Å². The molecule has 0 aliphatic rings. The minimum Gasteiger partial charge on any atom is -0.374 e. The van der Waals surface area contributed by atoms with Crippen molar-refractivity contribution in [2.24, 2.45) is 0 Å². The molecule has 4 nitrogen and oxygen atoms in total. The van der Waals surface area contributed by atoms with E-state index in [0.717, 1.165) is 11.5 Å². The summed E-state index contributed by atoms with van der Waals surface area (Å²) in [5, 5.41) is 0.422. The van der Waals surface area contributed by atoms with E-state index in [4.69, 9.17) is 16.3 Å². The first kappa shape index (κ1) is 15.7. The average Bonchev–Trinajstić information content (AvgIpc) is 2.42. The van der Waals surface area contributed by atoms with Crippen molar-refractivity contribution < 1.29 is 4.74 Å². The van der Waals surface area contributed by atoms with Crippen LogP contribution in [0.15, 0.2) is 24.3 Å². The first-order chi connectivity index (χ1) is 9.99. The van der Waals surface area contributed by atoms with E-state index in [1.54, 1.807) is 6.07 Å². The summed E-state index contributed by atoms with van der Waals surface area (Å²) in [5.74, 6) is 1.35. The van der Waals surface area contributed by atoms with Crippen LogP contribution in [-0.4, -0.2) is 23.6 Å². The third-order valence-corrected chi connectivity index (χ3v) is 3.29. The number of hydrogen-bond donors (Lipinski definition) is 0. The van der Waals surface area contributed by atoms with Crippen LogP contribution < -0.4 is 4.90 Å². The number of rotatable bonds is 5. The summed E-state index contributed by atoms with van der Waals surface area (Å²) >= 11 is 6.09. The molecular formula is C16H20ClN3O. The Labute approximate surface area is 130 Å². The fourth-order valence-corrected chi connectivity index (χ4v) is 2.35. The Morgan fingerprint density at radius 2 is 1.76 bits per heavy atom. The quantitative estimate of drug-likeness (QED) is 0.781. The van der Waals surface area contributed by atoms with Gasteiger partial charge in [-0.3, -0.25) is 0 Å². The minimum absolute atomic E-state index is 0.366. The fourth-order valence-electron chi connectivity index (χ4n) is 2.16. The average molecular weight is 306 g/mol. The summed E-state index contributed by atoms with van der Waals surface area (Å²) < 4.78 is 5.35. The highest BCUT2D eigenvalue weighted by Gasteiger charge is 2.10. The number of hydrogen-bond acceptors (Lipinski definition) is 4. The van der Waals surface area contributed by atoms with Crippen LogP contribution >= 0.6 is 11.6 Å². The molecule has 0 aliphatic carbocycles. The van der Waals surface area contributed by atoms with E-state index in [0.29, 0.717) is 24.2 Å². The van der Waals surface area contributed by atoms with Gasteiger partial charge in [-0.1, -0.05) is 17.7 Å². The Balaban J connectivity index is 2.33. The maximum Gasteiger partial charge on any atom is 0.158 e. The lowest BCUT2D eigenvalue weighted by molar-refractivity contribution is 0.128. The number of halogens is 1. The lowest BCUT2D eigenvalue weighted by Gasteiger charge is -2.20. The Bertz CT molecular complexity index is 611. The Morgan fingerprint density at radius 3 is 2.38 bits per heavy atom. The molecule has 2 rings (SSSR count). The van der Waals surface area contributed by atoms with Crippen LogP contribution in [0.5, 0.6) is 0 Å². The van der Waals surface area contributed by atoms with Crippen LogP contribution in [-0.2, 0) is 11.3 Å². The van der Waals surface area contributed by atoms with Gasteiger partial charge in [-0.2, -0.15) is 0 Å². The van der Waals surface area contributed by atoms with Crippen molar-refractivity contribution in [1.29, 1.82) is 0 Å². The van der Waals surface area contributed by atoms with Crippen LogP contribution in [0.2, 0.25) is 5.15 Å². The number of nitrogens with zero attached hydrogens (tertiary/aromatic N) is 3. The topological polar surface area (TPSA) is 38.2 Å². The molecule has 0 bridgehead atoms. The molecule has 1 heterocycles. The minimum atomic E-state index is 0.366. The van der Waals surface area contributed by atoms with Crippen molar-refractivity contribution in [2.75, 3.05) is 18.6 Å². The molecule has 0 N–H and O–H groups in total. The number of anilines is 2. The first-order valence-corrected chi connectivity index (χ1v) is 7.30. The van der Waals surface area contributed by atoms with Crippen molar-refractivity contribution in [2.45, 2.75) is 27.4 Å². The molecule has 21 heavy (non-hydrogen) atoms. The molecule has 0 saturated heterocycles. The second-order valence-corrected chi connectivity index (χ2v) is 5.39. The van der Waals surface area contributed by atoms with Gasteiger partial charge in [-0.25, -0.2) is 9.97 Å². The molecule has 1 aromatic carbocycles. The summed E-state index contributed by atoms with van der Waals surface area (Å²) in [4.78, 5) is 10.7. The van der Waals surface area contributed by atoms with Gasteiger partial charge in [0.25, 0.3) is 0 Å². The highest BCUT2D eigenvalue weighted by atomic mass is 35.5. The van der Waals surface area contributed by atoms with Gasteiger partial charge in [0.1, 0.15) is 17.6 Å². The predicted octanol–water partition coefficient (Wildman–Crippen LogP) is 4.05. The van der Waals surface area contributed by atoms with E-state index in [-0.39, 0.29) is 0 Å². The van der Waals surface area contributed by atoms with Gasteiger partial charge in [0.2, 0.25) is 0 Å². The molecular weight excluding hydrogens is 286 g/mol. The predicted molar refractivity (Wildman–Crippen MR) is 86.4 cm³/mol. The molecule has 0 fully saturated rings. The van der Waals surface area contributed by atoms with E-state index < -0.39 is 0 Å². The lowest BCUT2D eigenvalue weighted by Crippen LogP contribution is -2.13. The number of aryl methyl sites for hydroxylation is 2. The van der Waals surface area contributed by atoms with Crippen molar-refractivity contribution in [3.63, 3.8) is 0 Å². The molecule has 0 spiro atoms. The third-order valence-electron chi connectivity index (χ3n) is 3.10. The number of aromatic nitrogens is 2. The normalized spacial score (nSPS) is 10.7. The van der Waals surface area contributed by atoms with Crippen LogP contribution in [0.4, 0.5) is 11.5 Å². The van der Waals surface area contributed by atoms with Gasteiger partial charge in [-0.05, 0) is 44.0 Å². The SMILES string of the molecule is CCOCc1nc(Cl)cc(N(C)c2cc(C)cc(C)c2)n1. The van der Waals surface area contributed by atoms with E-state index in [1.807, 2.05) is 18.9 Å². The maximum atomic E-state index is 6.09. The van der Waals surface area contributed by atoms with Crippen molar-refractivity contribution in [3.05, 3.63) is 46.4 Å². The molecule has 0 atom stereocenters. The summed E-state index contributed by atoms with van der Waals surface area (Å²) in [6, 6.07) is 8.13. The van der Waals surface area contributed by atoms with Crippen LogP contribution in [0.1, 0.15) is 23.9 Å². The summed E-state index contributed by atoms with van der Waals surface area (Å²) in [5.41, 5.74) is 3.50. The molecule has 1 aromatic heterocycles. The van der Waals surface area contributed by atoms with Crippen LogP contribution in [0.3, 0.4) is 0 Å². The summed E-state index contributed by atoms with van der Waals surface area (Å²) in [7, 11) is 1.97. The molecule has 0 saturated carbocycles. The third kappa shape index (κ3) is 4.16. The highest BCUT2D eigenvalue weighted by molar-refractivity contribution is 6.29. The molecule has 112 valence electrons. The van der Waals surface area contributed by atoms with Crippen LogP contribution in [0, 0.1) is 13.8 Å². The fraction of sp³-hybridized carbons (Fsp3) is 0.375. The molecule has 5 heteroatoms. The Hall–Kier alpha value is -1.65. The molecule has 0 radical (unpaired) electrons. The van der Waals surface area contributed by atoms with E-state index in [2.05, 4.69) is 42.0 Å². The zero-order valence-corrected chi connectivity index (χ0v) is 13.6. The van der Waals surface area contributed by atoms with Gasteiger partial charge in [0.15, 0.2) is 5.82 Å². The first-order valence-electron chi connectivity index (χ1n) is 6.93. The van der Waals surface area contributed by atoms with Gasteiger partial charge in [-0.15, -0.1) is 0 Å². The zero-order valence-electron chi connectivity index (χ0n) is 12.9. The second kappa shape index (κ2) is 6.87. The van der Waals surface area contributed by atoms with E-state index >= 15 is 0 Å². The van der Waals surface area contributed by atoms with Crippen molar-refractivity contribution in [3.8, 4) is 0 Å². The van der Waals surface area contributed by atoms with E-state index in [9.17, 15) is 0 Å². The Morgan fingerprint density at radius 1 is 1.10 bits per heavy atom. The zero-order chi connectivity index (χ0) is 15.4. The smallest absolute Gasteiger partial charge is 0.158 e. The second-order valence-electron chi connectivity index (χ2n) is 5.01. The Kier molecular flexibility index (Phi) is 5.15. The number of ether oxygens (including phenoxy) is 1. The van der Waals surface area contributed by atoms with Crippen LogP contribution in [0.25, 0.3) is 0 Å². The molecule has 0 aliphatic heterocycles. The number of benzene rings is 1. The van der Waals surface area contributed by atoms with E-state index in [1.165, 1.54) is 11.1 Å². The highest BCUT2D eigenvalue weighted by Crippen LogP contribution is 2.25.